The van der Waals surface area contributed by atoms with Gasteiger partial charge in [0.2, 0.25) is 0 Å². The first-order valence-electron chi connectivity index (χ1n) is 5.94. The van der Waals surface area contributed by atoms with Gasteiger partial charge in [-0.1, -0.05) is 53.5 Å². The van der Waals surface area contributed by atoms with E-state index in [2.05, 4.69) is 16.2 Å². The molecule has 6 heteroatoms. The lowest BCUT2D eigenvalue weighted by molar-refractivity contribution is 0.886. The van der Waals surface area contributed by atoms with Crippen molar-refractivity contribution >= 4 is 46.2 Å². The van der Waals surface area contributed by atoms with Gasteiger partial charge in [-0.05, 0) is 36.0 Å². The molecule has 0 radical (unpaired) electrons. The number of nitrogens with one attached hydrogen (secondary N) is 3. The Morgan fingerprint density at radius 2 is 1.80 bits per heavy atom. The molecule has 20 heavy (non-hydrogen) atoms. The van der Waals surface area contributed by atoms with E-state index >= 15 is 0 Å². The molecule has 0 bridgehead atoms. The standard InChI is InChI=1S/C14H13Cl2N3S/c15-11-6-7-13(12(16)8-11)18-19-14(20)17-9-10-4-2-1-3-5-10/h1-8,18H,9H2,(H2,17,19,20). The summed E-state index contributed by atoms with van der Waals surface area (Å²) in [6.07, 6.45) is 0. The van der Waals surface area contributed by atoms with Crippen LogP contribution in [0.3, 0.4) is 0 Å². The molecule has 0 atom stereocenters. The van der Waals surface area contributed by atoms with Gasteiger partial charge in [0.25, 0.3) is 0 Å². The summed E-state index contributed by atoms with van der Waals surface area (Å²) in [6, 6.07) is 15.2. The van der Waals surface area contributed by atoms with Crippen molar-refractivity contribution in [2.75, 3.05) is 5.43 Å². The van der Waals surface area contributed by atoms with Crippen molar-refractivity contribution in [1.29, 1.82) is 0 Å². The molecule has 0 unspecified atom stereocenters. The van der Waals surface area contributed by atoms with Crippen molar-refractivity contribution in [1.82, 2.24) is 10.7 Å². The van der Waals surface area contributed by atoms with Gasteiger partial charge in [0.05, 0.1) is 10.7 Å². The number of thiocarbonyl (C=S) groups is 1. The van der Waals surface area contributed by atoms with Gasteiger partial charge in [-0.15, -0.1) is 0 Å². The summed E-state index contributed by atoms with van der Waals surface area (Å²) in [5.41, 5.74) is 7.67. The monoisotopic (exact) mass is 325 g/mol. The summed E-state index contributed by atoms with van der Waals surface area (Å²) in [5, 5.41) is 4.69. The Kier molecular flexibility index (Phi) is 5.47. The number of rotatable bonds is 4. The van der Waals surface area contributed by atoms with Gasteiger partial charge in [-0.3, -0.25) is 10.9 Å². The second kappa shape index (κ2) is 7.33. The number of anilines is 1. The van der Waals surface area contributed by atoms with Crippen LogP contribution in [-0.4, -0.2) is 5.11 Å². The summed E-state index contributed by atoms with van der Waals surface area (Å²) in [7, 11) is 0. The van der Waals surface area contributed by atoms with E-state index in [1.54, 1.807) is 18.2 Å². The molecule has 0 spiro atoms. The average molecular weight is 326 g/mol. The molecular formula is C14H13Cl2N3S. The first-order chi connectivity index (χ1) is 9.65. The van der Waals surface area contributed by atoms with Crippen LogP contribution >= 0.6 is 35.4 Å². The van der Waals surface area contributed by atoms with Gasteiger partial charge in [0.1, 0.15) is 0 Å². The van der Waals surface area contributed by atoms with Crippen LogP contribution in [0.25, 0.3) is 0 Å². The first kappa shape index (κ1) is 14.9. The Hall–Kier alpha value is -1.49. The van der Waals surface area contributed by atoms with Crippen LogP contribution in [0.5, 0.6) is 0 Å². The normalized spacial score (nSPS) is 9.90. The van der Waals surface area contributed by atoms with Crippen molar-refractivity contribution in [3.63, 3.8) is 0 Å². The van der Waals surface area contributed by atoms with Crippen LogP contribution in [0.2, 0.25) is 10.0 Å². The zero-order valence-corrected chi connectivity index (χ0v) is 12.8. The van der Waals surface area contributed by atoms with Crippen molar-refractivity contribution in [2.24, 2.45) is 0 Å². The SMILES string of the molecule is S=C(NCc1ccccc1)NNc1ccc(Cl)cc1Cl. The Labute approximate surface area is 133 Å². The average Bonchev–Trinajstić information content (AvgIpc) is 2.45. The highest BCUT2D eigenvalue weighted by atomic mass is 35.5. The molecule has 3 nitrogen and oxygen atoms in total. The lowest BCUT2D eigenvalue weighted by atomic mass is 10.2. The molecule has 0 heterocycles. The van der Waals surface area contributed by atoms with E-state index < -0.39 is 0 Å². The van der Waals surface area contributed by atoms with Crippen LogP contribution in [0.4, 0.5) is 5.69 Å². The van der Waals surface area contributed by atoms with Crippen LogP contribution in [0.1, 0.15) is 5.56 Å². The van der Waals surface area contributed by atoms with Gasteiger partial charge in [-0.2, -0.15) is 0 Å². The highest BCUT2D eigenvalue weighted by Gasteiger charge is 2.01. The maximum absolute atomic E-state index is 6.04. The molecule has 3 N–H and O–H groups in total. The fourth-order valence-electron chi connectivity index (χ4n) is 1.54. The highest BCUT2D eigenvalue weighted by Crippen LogP contribution is 2.24. The molecule has 2 aromatic carbocycles. The predicted octanol–water partition coefficient (Wildman–Crippen LogP) is 3.98. The lowest BCUT2D eigenvalue weighted by Gasteiger charge is -2.13. The van der Waals surface area contributed by atoms with Crippen LogP contribution in [0, 0.1) is 0 Å². The smallest absolute Gasteiger partial charge is 0.185 e. The Balaban J connectivity index is 1.80. The zero-order valence-electron chi connectivity index (χ0n) is 10.5. The van der Waals surface area contributed by atoms with Gasteiger partial charge in [0.15, 0.2) is 5.11 Å². The molecule has 0 saturated carbocycles. The first-order valence-corrected chi connectivity index (χ1v) is 7.10. The minimum Gasteiger partial charge on any atom is -0.357 e. The van der Waals surface area contributed by atoms with Crippen LogP contribution in [0.15, 0.2) is 48.5 Å². The molecule has 0 aliphatic carbocycles. The second-order valence-electron chi connectivity index (χ2n) is 4.04. The largest absolute Gasteiger partial charge is 0.357 e. The highest BCUT2D eigenvalue weighted by molar-refractivity contribution is 7.80. The van der Waals surface area contributed by atoms with E-state index in [1.807, 2.05) is 30.3 Å². The summed E-state index contributed by atoms with van der Waals surface area (Å²) in [5.74, 6) is 0. The minimum atomic E-state index is 0.486. The van der Waals surface area contributed by atoms with E-state index in [4.69, 9.17) is 35.4 Å². The van der Waals surface area contributed by atoms with E-state index in [0.29, 0.717) is 27.4 Å². The third-order valence-corrected chi connectivity index (χ3v) is 3.33. The molecule has 0 aliphatic rings. The fraction of sp³-hybridized carbons (Fsp3) is 0.0714. The minimum absolute atomic E-state index is 0.486. The van der Waals surface area contributed by atoms with Crippen molar-refractivity contribution in [3.8, 4) is 0 Å². The topological polar surface area (TPSA) is 36.1 Å². The molecule has 0 fully saturated rings. The van der Waals surface area contributed by atoms with E-state index in [-0.39, 0.29) is 0 Å². The number of hydrogen-bond donors (Lipinski definition) is 3. The van der Waals surface area contributed by atoms with Crippen molar-refractivity contribution < 1.29 is 0 Å². The Morgan fingerprint density at radius 3 is 2.50 bits per heavy atom. The summed E-state index contributed by atoms with van der Waals surface area (Å²) < 4.78 is 0. The van der Waals surface area contributed by atoms with E-state index in [0.717, 1.165) is 5.56 Å². The molecule has 0 amide bonds. The summed E-state index contributed by atoms with van der Waals surface area (Å²) in [4.78, 5) is 0. The summed E-state index contributed by atoms with van der Waals surface area (Å²) in [6.45, 7) is 0.655. The van der Waals surface area contributed by atoms with Gasteiger partial charge < -0.3 is 5.32 Å². The zero-order chi connectivity index (χ0) is 14.4. The molecule has 0 saturated heterocycles. The lowest BCUT2D eigenvalue weighted by Crippen LogP contribution is -2.38. The molecule has 0 aromatic heterocycles. The maximum atomic E-state index is 6.04. The van der Waals surface area contributed by atoms with E-state index in [9.17, 15) is 0 Å². The number of hydrogen-bond acceptors (Lipinski definition) is 2. The third kappa shape index (κ3) is 4.56. The van der Waals surface area contributed by atoms with E-state index in [1.165, 1.54) is 0 Å². The number of benzene rings is 2. The summed E-state index contributed by atoms with van der Waals surface area (Å²) >= 11 is 17.0. The van der Waals surface area contributed by atoms with Crippen molar-refractivity contribution in [2.45, 2.75) is 6.54 Å². The number of halogens is 2. The molecular weight excluding hydrogens is 313 g/mol. The third-order valence-electron chi connectivity index (χ3n) is 2.54. The Morgan fingerprint density at radius 1 is 1.05 bits per heavy atom. The molecule has 2 aromatic rings. The Bertz CT molecular complexity index is 590. The molecule has 0 aliphatic heterocycles. The van der Waals surface area contributed by atoms with Gasteiger partial charge >= 0.3 is 0 Å². The van der Waals surface area contributed by atoms with Crippen LogP contribution in [-0.2, 0) is 6.54 Å². The van der Waals surface area contributed by atoms with Gasteiger partial charge in [-0.25, -0.2) is 0 Å². The second-order valence-corrected chi connectivity index (χ2v) is 5.29. The van der Waals surface area contributed by atoms with Crippen molar-refractivity contribution in [3.05, 3.63) is 64.1 Å². The molecule has 104 valence electrons. The number of hydrazine groups is 1. The van der Waals surface area contributed by atoms with Crippen LogP contribution < -0.4 is 16.2 Å². The fourth-order valence-corrected chi connectivity index (χ4v) is 2.12. The quantitative estimate of drug-likeness (QED) is 0.587. The molecule has 2 rings (SSSR count). The predicted molar refractivity (Wildman–Crippen MR) is 89.1 cm³/mol. The maximum Gasteiger partial charge on any atom is 0.185 e. The van der Waals surface area contributed by atoms with Gasteiger partial charge in [0, 0.05) is 11.6 Å².